The normalized spacial score (nSPS) is 16.2. The molecular formula is C22H45IN4O3. The van der Waals surface area contributed by atoms with Crippen LogP contribution >= 0.6 is 24.0 Å². The summed E-state index contributed by atoms with van der Waals surface area (Å²) in [7, 11) is 5.27. The number of ether oxygens (including phenoxy) is 2. The molecule has 1 aliphatic heterocycles. The van der Waals surface area contributed by atoms with Crippen LogP contribution in [0.1, 0.15) is 58.8 Å². The summed E-state index contributed by atoms with van der Waals surface area (Å²) >= 11 is 0. The number of piperidine rings is 1. The first-order chi connectivity index (χ1) is 14.0. The molecule has 0 aromatic rings. The molecule has 0 bridgehead atoms. The van der Waals surface area contributed by atoms with Crippen LogP contribution in [0.15, 0.2) is 4.99 Å². The van der Waals surface area contributed by atoms with Gasteiger partial charge in [0.1, 0.15) is 6.54 Å². The molecule has 0 saturated carbocycles. The maximum atomic E-state index is 12.0. The smallest absolute Gasteiger partial charge is 0.243 e. The van der Waals surface area contributed by atoms with Crippen LogP contribution in [-0.4, -0.2) is 88.4 Å². The zero-order valence-electron chi connectivity index (χ0n) is 19.8. The lowest BCUT2D eigenvalue weighted by molar-refractivity contribution is -0.127. The number of nitrogens with one attached hydrogen (secondary N) is 1. The van der Waals surface area contributed by atoms with Crippen LogP contribution in [0.2, 0.25) is 0 Å². The van der Waals surface area contributed by atoms with Gasteiger partial charge in [-0.05, 0) is 31.6 Å². The lowest BCUT2D eigenvalue weighted by Crippen LogP contribution is -2.48. The van der Waals surface area contributed by atoms with E-state index in [1.165, 1.54) is 19.3 Å². The monoisotopic (exact) mass is 540 g/mol. The summed E-state index contributed by atoms with van der Waals surface area (Å²) in [6.45, 7) is 8.90. The van der Waals surface area contributed by atoms with Gasteiger partial charge in [-0.15, -0.1) is 24.0 Å². The highest BCUT2D eigenvalue weighted by Gasteiger charge is 2.23. The number of carbonyl (C=O) groups excluding carboxylic acids is 1. The summed E-state index contributed by atoms with van der Waals surface area (Å²) in [5, 5.41) is 3.57. The molecule has 0 aliphatic carbocycles. The Morgan fingerprint density at radius 1 is 1.20 bits per heavy atom. The van der Waals surface area contributed by atoms with Crippen molar-refractivity contribution in [3.05, 3.63) is 0 Å². The van der Waals surface area contributed by atoms with E-state index in [0.29, 0.717) is 12.0 Å². The van der Waals surface area contributed by atoms with Gasteiger partial charge in [-0.25, -0.2) is 4.99 Å². The predicted octanol–water partition coefficient (Wildman–Crippen LogP) is 3.37. The zero-order valence-corrected chi connectivity index (χ0v) is 22.2. The lowest BCUT2D eigenvalue weighted by Gasteiger charge is -2.35. The molecular weight excluding hydrogens is 495 g/mol. The Kier molecular flexibility index (Phi) is 17.6. The van der Waals surface area contributed by atoms with E-state index in [2.05, 4.69) is 29.1 Å². The second kappa shape index (κ2) is 18.0. The zero-order chi connectivity index (χ0) is 21.5. The Morgan fingerprint density at radius 2 is 1.90 bits per heavy atom. The van der Waals surface area contributed by atoms with Crippen molar-refractivity contribution in [3.63, 3.8) is 0 Å². The van der Waals surface area contributed by atoms with Gasteiger partial charge in [0.05, 0.1) is 6.10 Å². The number of rotatable bonds is 13. The minimum atomic E-state index is 0. The number of halogens is 1. The molecule has 1 aliphatic rings. The molecule has 1 atom stereocenters. The molecule has 178 valence electrons. The molecule has 1 N–H and O–H groups in total. The van der Waals surface area contributed by atoms with E-state index in [0.717, 1.165) is 64.5 Å². The molecule has 30 heavy (non-hydrogen) atoms. The molecule has 0 aromatic carbocycles. The van der Waals surface area contributed by atoms with Crippen LogP contribution in [-0.2, 0) is 14.3 Å². The number of likely N-dealkylation sites (tertiary alicyclic amines) is 1. The van der Waals surface area contributed by atoms with Crippen LogP contribution in [0.5, 0.6) is 0 Å². The first-order valence-electron chi connectivity index (χ1n) is 11.4. The van der Waals surface area contributed by atoms with Gasteiger partial charge in [0.2, 0.25) is 5.91 Å². The Morgan fingerprint density at radius 3 is 2.47 bits per heavy atom. The second-order valence-electron chi connectivity index (χ2n) is 8.13. The van der Waals surface area contributed by atoms with Crippen LogP contribution < -0.4 is 5.32 Å². The second-order valence-corrected chi connectivity index (χ2v) is 8.13. The standard InChI is InChI=1S/C22H44N4O3.HI/c1-6-8-10-19(7-2)17-23-22(24-18-21(27)25(3)4)26-13-11-20(12-14-26)29-16-9-15-28-5;/h19-20H,6-18H2,1-5H3,(H,23,24);1H. The topological polar surface area (TPSA) is 66.4 Å². The van der Waals surface area contributed by atoms with E-state index in [9.17, 15) is 4.79 Å². The summed E-state index contributed by atoms with van der Waals surface area (Å²) in [6.07, 6.45) is 8.11. The quantitative estimate of drug-likeness (QED) is 0.168. The molecule has 1 amide bonds. The number of nitrogens with zero attached hydrogens (tertiary/aromatic N) is 3. The summed E-state index contributed by atoms with van der Waals surface area (Å²) in [4.78, 5) is 20.6. The SMILES string of the molecule is CCCCC(CC)CNC(=NCC(=O)N(C)C)N1CCC(OCCCOC)CC1.I. The molecule has 8 heteroatoms. The van der Waals surface area contributed by atoms with Crippen molar-refractivity contribution in [1.82, 2.24) is 15.1 Å². The average molecular weight is 541 g/mol. The first kappa shape index (κ1) is 29.4. The summed E-state index contributed by atoms with van der Waals surface area (Å²) in [5.41, 5.74) is 0. The van der Waals surface area contributed by atoms with E-state index in [1.54, 1.807) is 26.1 Å². The Hall–Kier alpha value is -0.610. The van der Waals surface area contributed by atoms with Gasteiger partial charge in [0, 0.05) is 54.1 Å². The molecule has 0 aromatic heterocycles. The maximum absolute atomic E-state index is 12.0. The maximum Gasteiger partial charge on any atom is 0.243 e. The Bertz CT molecular complexity index is 469. The third-order valence-corrected chi connectivity index (χ3v) is 5.54. The number of likely N-dealkylation sites (N-methyl/N-ethyl adjacent to an activating group) is 1. The molecule has 1 unspecified atom stereocenters. The fraction of sp³-hybridized carbons (Fsp3) is 0.909. The van der Waals surface area contributed by atoms with Crippen molar-refractivity contribution in [2.75, 3.05) is 60.6 Å². The van der Waals surface area contributed by atoms with Crippen molar-refractivity contribution in [2.24, 2.45) is 10.9 Å². The van der Waals surface area contributed by atoms with Crippen molar-refractivity contribution in [3.8, 4) is 0 Å². The minimum absolute atomic E-state index is 0. The van der Waals surface area contributed by atoms with Crippen LogP contribution in [0.4, 0.5) is 0 Å². The fourth-order valence-electron chi connectivity index (χ4n) is 3.42. The predicted molar refractivity (Wildman–Crippen MR) is 135 cm³/mol. The van der Waals surface area contributed by atoms with E-state index < -0.39 is 0 Å². The minimum Gasteiger partial charge on any atom is -0.385 e. The lowest BCUT2D eigenvalue weighted by atomic mass is 9.99. The number of hydrogen-bond donors (Lipinski definition) is 1. The van der Waals surface area contributed by atoms with Crippen LogP contribution in [0.25, 0.3) is 0 Å². The third kappa shape index (κ3) is 12.3. The number of aliphatic imine (C=N–C) groups is 1. The van der Waals surface area contributed by atoms with E-state index in [4.69, 9.17) is 9.47 Å². The van der Waals surface area contributed by atoms with Crippen molar-refractivity contribution in [1.29, 1.82) is 0 Å². The largest absolute Gasteiger partial charge is 0.385 e. The number of methoxy groups -OCH3 is 1. The summed E-state index contributed by atoms with van der Waals surface area (Å²) in [5.74, 6) is 1.54. The number of hydrogen-bond acceptors (Lipinski definition) is 4. The van der Waals surface area contributed by atoms with Crippen LogP contribution in [0, 0.1) is 5.92 Å². The molecule has 0 spiro atoms. The van der Waals surface area contributed by atoms with Gasteiger partial charge in [0.25, 0.3) is 0 Å². The average Bonchev–Trinajstić information content (AvgIpc) is 2.73. The highest BCUT2D eigenvalue weighted by atomic mass is 127. The van der Waals surface area contributed by atoms with Gasteiger partial charge < -0.3 is 24.6 Å². The molecule has 1 heterocycles. The number of carbonyl (C=O) groups is 1. The summed E-state index contributed by atoms with van der Waals surface area (Å²) in [6, 6.07) is 0. The van der Waals surface area contributed by atoms with E-state index in [1.807, 2.05) is 0 Å². The molecule has 1 rings (SSSR count). The summed E-state index contributed by atoms with van der Waals surface area (Å²) < 4.78 is 11.1. The number of amides is 1. The van der Waals surface area contributed by atoms with E-state index >= 15 is 0 Å². The molecule has 0 radical (unpaired) electrons. The van der Waals surface area contributed by atoms with Gasteiger partial charge >= 0.3 is 0 Å². The van der Waals surface area contributed by atoms with E-state index in [-0.39, 0.29) is 36.4 Å². The number of guanidine groups is 1. The van der Waals surface area contributed by atoms with Crippen molar-refractivity contribution >= 4 is 35.8 Å². The van der Waals surface area contributed by atoms with Gasteiger partial charge in [-0.3, -0.25) is 4.79 Å². The third-order valence-electron chi connectivity index (χ3n) is 5.54. The van der Waals surface area contributed by atoms with Crippen molar-refractivity contribution < 1.29 is 14.3 Å². The first-order valence-corrected chi connectivity index (χ1v) is 11.4. The van der Waals surface area contributed by atoms with Gasteiger partial charge in [0.15, 0.2) is 5.96 Å². The molecule has 1 saturated heterocycles. The van der Waals surface area contributed by atoms with Crippen LogP contribution in [0.3, 0.4) is 0 Å². The highest BCUT2D eigenvalue weighted by Crippen LogP contribution is 2.15. The Labute approximate surface area is 201 Å². The fourth-order valence-corrected chi connectivity index (χ4v) is 3.42. The number of unbranched alkanes of at least 4 members (excludes halogenated alkanes) is 1. The highest BCUT2D eigenvalue weighted by molar-refractivity contribution is 14.0. The molecule has 1 fully saturated rings. The van der Waals surface area contributed by atoms with Crippen molar-refractivity contribution in [2.45, 2.75) is 64.9 Å². The van der Waals surface area contributed by atoms with Gasteiger partial charge in [-0.2, -0.15) is 0 Å². The Balaban J connectivity index is 0.00000841. The van der Waals surface area contributed by atoms with Gasteiger partial charge in [-0.1, -0.05) is 33.1 Å². The molecule has 7 nitrogen and oxygen atoms in total.